The Balaban J connectivity index is 1.83. The Morgan fingerprint density at radius 3 is 2.52 bits per heavy atom. The number of oxime groups is 1. The van der Waals surface area contributed by atoms with Crippen LogP contribution in [0.2, 0.25) is 18.1 Å². The van der Waals surface area contributed by atoms with Crippen LogP contribution in [0.15, 0.2) is 35.6 Å². The number of methoxy groups -OCH3 is 1. The lowest BCUT2D eigenvalue weighted by Crippen LogP contribution is -2.48. The Morgan fingerprint density at radius 2 is 1.90 bits per heavy atom. The molecular formula is C23H32FN3O3Si. The van der Waals surface area contributed by atoms with Gasteiger partial charge < -0.3 is 18.9 Å². The Labute approximate surface area is 185 Å². The average Bonchev–Trinajstić information content (AvgIpc) is 2.68. The first kappa shape index (κ1) is 23.2. The van der Waals surface area contributed by atoms with Gasteiger partial charge in [0.1, 0.15) is 12.9 Å². The molecule has 0 saturated carbocycles. The summed E-state index contributed by atoms with van der Waals surface area (Å²) in [7, 11) is 1.15. The molecule has 2 heterocycles. The first-order chi connectivity index (χ1) is 14.6. The van der Waals surface area contributed by atoms with Gasteiger partial charge in [-0.05, 0) is 24.2 Å². The minimum absolute atomic E-state index is 0.0683. The molecule has 31 heavy (non-hydrogen) atoms. The second-order valence-electron chi connectivity index (χ2n) is 9.27. The summed E-state index contributed by atoms with van der Waals surface area (Å²) < 4.78 is 27.1. The summed E-state index contributed by atoms with van der Waals surface area (Å²) in [6.45, 7) is 12.4. The summed E-state index contributed by atoms with van der Waals surface area (Å²) in [6.07, 6.45) is 1.68. The van der Waals surface area contributed by atoms with Crippen molar-refractivity contribution in [1.29, 1.82) is 0 Å². The van der Waals surface area contributed by atoms with E-state index in [-0.39, 0.29) is 17.5 Å². The Morgan fingerprint density at radius 1 is 1.19 bits per heavy atom. The van der Waals surface area contributed by atoms with E-state index in [2.05, 4.69) is 44.0 Å². The molecule has 0 spiro atoms. The molecule has 0 unspecified atom stereocenters. The lowest BCUT2D eigenvalue weighted by atomic mass is 10.0. The van der Waals surface area contributed by atoms with Crippen molar-refractivity contribution in [3.8, 4) is 16.9 Å². The van der Waals surface area contributed by atoms with Crippen LogP contribution in [0.3, 0.4) is 0 Å². The van der Waals surface area contributed by atoms with Crippen molar-refractivity contribution in [3.05, 3.63) is 41.8 Å². The largest absolute Gasteiger partial charge is 0.493 e. The van der Waals surface area contributed by atoms with Crippen molar-refractivity contribution in [2.45, 2.75) is 45.5 Å². The normalized spacial score (nSPS) is 14.3. The Hall–Kier alpha value is -2.45. The fourth-order valence-corrected chi connectivity index (χ4v) is 4.04. The number of ether oxygens (including phenoxy) is 1. The van der Waals surface area contributed by atoms with Gasteiger partial charge in [0, 0.05) is 22.9 Å². The number of anilines is 1. The molecule has 0 bridgehead atoms. The van der Waals surface area contributed by atoms with Gasteiger partial charge in [0.05, 0.1) is 32.5 Å². The molecule has 0 radical (unpaired) electrons. The molecule has 0 aliphatic carbocycles. The van der Waals surface area contributed by atoms with Crippen LogP contribution in [0.5, 0.6) is 5.75 Å². The molecule has 1 saturated heterocycles. The lowest BCUT2D eigenvalue weighted by molar-refractivity contribution is 0.211. The van der Waals surface area contributed by atoms with E-state index in [1.807, 2.05) is 17.0 Å². The summed E-state index contributed by atoms with van der Waals surface area (Å²) in [6, 6.07) is 7.22. The van der Waals surface area contributed by atoms with Crippen molar-refractivity contribution in [3.63, 3.8) is 0 Å². The third-order valence-corrected chi connectivity index (χ3v) is 10.6. The number of pyridine rings is 1. The van der Waals surface area contributed by atoms with Crippen molar-refractivity contribution in [1.82, 2.24) is 4.98 Å². The zero-order valence-electron chi connectivity index (χ0n) is 19.5. The van der Waals surface area contributed by atoms with Crippen molar-refractivity contribution < 1.29 is 18.4 Å². The SMILES string of the molecule is CON=C1CN(c2ncc(-c3cccc(CO[Si](C)(C)C(C)(C)C)c3F)cc2OC)C1. The fourth-order valence-electron chi connectivity index (χ4n) is 3.09. The average molecular weight is 446 g/mol. The van der Waals surface area contributed by atoms with Gasteiger partial charge in [-0.3, -0.25) is 0 Å². The van der Waals surface area contributed by atoms with E-state index < -0.39 is 8.32 Å². The van der Waals surface area contributed by atoms with Crippen molar-refractivity contribution in [2.24, 2.45) is 5.16 Å². The first-order valence-electron chi connectivity index (χ1n) is 10.4. The van der Waals surface area contributed by atoms with Crippen LogP contribution in [0.4, 0.5) is 10.2 Å². The molecule has 2 aromatic rings. The monoisotopic (exact) mass is 445 g/mol. The van der Waals surface area contributed by atoms with Crippen LogP contribution in [0.1, 0.15) is 26.3 Å². The maximum absolute atomic E-state index is 15.4. The van der Waals surface area contributed by atoms with Crippen molar-refractivity contribution in [2.75, 3.05) is 32.2 Å². The van der Waals surface area contributed by atoms with Gasteiger partial charge in [-0.2, -0.15) is 0 Å². The van der Waals surface area contributed by atoms with Gasteiger partial charge in [0.25, 0.3) is 0 Å². The maximum Gasteiger partial charge on any atom is 0.192 e. The zero-order chi connectivity index (χ0) is 22.8. The van der Waals surface area contributed by atoms with E-state index in [1.165, 1.54) is 7.11 Å². The molecule has 0 N–H and O–H groups in total. The number of hydrogen-bond donors (Lipinski definition) is 0. The summed E-state index contributed by atoms with van der Waals surface area (Å²) in [5, 5.41) is 4.01. The maximum atomic E-state index is 15.4. The van der Waals surface area contributed by atoms with Gasteiger partial charge in [0.15, 0.2) is 19.9 Å². The molecule has 1 aliphatic heterocycles. The first-order valence-corrected chi connectivity index (χ1v) is 13.3. The minimum Gasteiger partial charge on any atom is -0.493 e. The minimum atomic E-state index is -1.97. The van der Waals surface area contributed by atoms with Gasteiger partial charge in [-0.25, -0.2) is 9.37 Å². The smallest absolute Gasteiger partial charge is 0.192 e. The van der Waals surface area contributed by atoms with Gasteiger partial charge in [-0.15, -0.1) is 0 Å². The Kier molecular flexibility index (Phi) is 6.71. The number of rotatable bonds is 7. The van der Waals surface area contributed by atoms with Gasteiger partial charge >= 0.3 is 0 Å². The summed E-state index contributed by atoms with van der Waals surface area (Å²) in [5.74, 6) is 1.02. The fraction of sp³-hybridized carbons (Fsp3) is 0.478. The van der Waals surface area contributed by atoms with E-state index in [9.17, 15) is 0 Å². The summed E-state index contributed by atoms with van der Waals surface area (Å²) >= 11 is 0. The zero-order valence-corrected chi connectivity index (χ0v) is 20.5. The lowest BCUT2D eigenvalue weighted by Gasteiger charge is -2.36. The highest BCUT2D eigenvalue weighted by Crippen LogP contribution is 2.38. The van der Waals surface area contributed by atoms with Crippen LogP contribution >= 0.6 is 0 Å². The van der Waals surface area contributed by atoms with Crippen LogP contribution in [0, 0.1) is 5.82 Å². The van der Waals surface area contributed by atoms with E-state index in [1.54, 1.807) is 25.4 Å². The molecule has 168 valence electrons. The third kappa shape index (κ3) is 4.90. The molecule has 6 nitrogen and oxygen atoms in total. The van der Waals surface area contributed by atoms with E-state index in [0.717, 1.165) is 5.71 Å². The molecule has 0 atom stereocenters. The molecule has 8 heteroatoms. The van der Waals surface area contributed by atoms with Gasteiger partial charge in [-0.1, -0.05) is 44.1 Å². The van der Waals surface area contributed by atoms with E-state index in [0.29, 0.717) is 41.3 Å². The van der Waals surface area contributed by atoms with Crippen LogP contribution < -0.4 is 9.64 Å². The Bertz CT molecular complexity index is 965. The quantitative estimate of drug-likeness (QED) is 0.431. The number of benzene rings is 1. The topological polar surface area (TPSA) is 56.2 Å². The second-order valence-corrected chi connectivity index (χ2v) is 14.1. The predicted molar refractivity (Wildman–Crippen MR) is 125 cm³/mol. The highest BCUT2D eigenvalue weighted by molar-refractivity contribution is 6.74. The molecular weight excluding hydrogens is 413 g/mol. The molecule has 0 amide bonds. The number of halogens is 1. The molecule has 1 aliphatic rings. The van der Waals surface area contributed by atoms with Crippen molar-refractivity contribution >= 4 is 19.8 Å². The number of hydrogen-bond acceptors (Lipinski definition) is 6. The standard InChI is InChI=1S/C23H32FN3O3Si/c1-23(2,3)31(6,7)30-15-16-9-8-10-19(21(16)24)17-11-20(28-4)22(25-12-17)27-13-18(14-27)26-29-5/h8-12H,13-15H2,1-7H3. The molecule has 1 aromatic heterocycles. The third-order valence-electron chi connectivity index (χ3n) is 6.10. The summed E-state index contributed by atoms with van der Waals surface area (Å²) in [4.78, 5) is 11.4. The highest BCUT2D eigenvalue weighted by Gasteiger charge is 2.37. The van der Waals surface area contributed by atoms with Gasteiger partial charge in [0.2, 0.25) is 0 Å². The van der Waals surface area contributed by atoms with E-state index in [4.69, 9.17) is 14.0 Å². The predicted octanol–water partition coefficient (Wildman–Crippen LogP) is 5.24. The second kappa shape index (κ2) is 8.96. The highest BCUT2D eigenvalue weighted by atomic mass is 28.4. The summed E-state index contributed by atoms with van der Waals surface area (Å²) in [5.41, 5.74) is 2.64. The molecule has 1 aromatic carbocycles. The van der Waals surface area contributed by atoms with Crippen LogP contribution in [-0.2, 0) is 15.9 Å². The van der Waals surface area contributed by atoms with Crippen LogP contribution in [-0.4, -0.2) is 46.3 Å². The molecule has 1 fully saturated rings. The number of aromatic nitrogens is 1. The molecule has 3 rings (SSSR count). The van der Waals surface area contributed by atoms with Crippen LogP contribution in [0.25, 0.3) is 11.1 Å². The van der Waals surface area contributed by atoms with E-state index >= 15 is 4.39 Å². The number of nitrogens with zero attached hydrogens (tertiary/aromatic N) is 3.